The summed E-state index contributed by atoms with van der Waals surface area (Å²) in [5.74, 6) is -2.67. The lowest BCUT2D eigenvalue weighted by molar-refractivity contribution is -0.135. The topological polar surface area (TPSA) is 98.7 Å². The Kier molecular flexibility index (Phi) is 5.79. The molecule has 2 amide bonds. The summed E-state index contributed by atoms with van der Waals surface area (Å²) in [6.45, 7) is -0.514. The van der Waals surface area contributed by atoms with Crippen LogP contribution in [-0.4, -0.2) is 29.4 Å². The van der Waals surface area contributed by atoms with Gasteiger partial charge < -0.3 is 15.7 Å². The number of nitrogens with one attached hydrogen (secondary N) is 2. The molecule has 0 saturated carbocycles. The average molecular weight is 454 g/mol. The predicted molar refractivity (Wildman–Crippen MR) is 117 cm³/mol. The van der Waals surface area contributed by atoms with Crippen LogP contribution in [-0.2, 0) is 4.79 Å². The Morgan fingerprint density at radius 1 is 1.06 bits per heavy atom. The fraction of sp³-hybridized carbons (Fsp3) is 0.0870. The maximum Gasteiger partial charge on any atom is 0.322 e. The molecular formula is C23H17ClFN3O4. The predicted octanol–water partition coefficient (Wildman–Crippen LogP) is 4.06. The molecule has 3 aromatic carbocycles. The fourth-order valence-corrected chi connectivity index (χ4v) is 3.79. The van der Waals surface area contributed by atoms with Crippen LogP contribution in [0.15, 0.2) is 66.7 Å². The average Bonchev–Trinajstić information content (AvgIpc) is 2.78. The number of amides is 2. The van der Waals surface area contributed by atoms with Gasteiger partial charge in [0.05, 0.1) is 10.6 Å². The number of hydrogen-bond donors (Lipinski definition) is 3. The first kappa shape index (κ1) is 21.3. The summed E-state index contributed by atoms with van der Waals surface area (Å²) in [7, 11) is 0. The maximum atomic E-state index is 14.8. The van der Waals surface area contributed by atoms with E-state index in [-0.39, 0.29) is 22.1 Å². The summed E-state index contributed by atoms with van der Waals surface area (Å²) >= 11 is 6.30. The van der Waals surface area contributed by atoms with Crippen LogP contribution in [0.2, 0.25) is 5.02 Å². The van der Waals surface area contributed by atoms with Crippen molar-refractivity contribution in [2.75, 3.05) is 16.8 Å². The zero-order chi connectivity index (χ0) is 22.8. The SMILES string of the molecule is O=C(O)CNC(=O)c1ccc(N2C(=O)c3ccccc3NC2c2c(F)cccc2Cl)cc1. The van der Waals surface area contributed by atoms with Crippen LogP contribution in [0.25, 0.3) is 0 Å². The minimum absolute atomic E-state index is 0.111. The molecule has 7 nitrogen and oxygen atoms in total. The number of rotatable bonds is 5. The molecule has 0 aromatic heterocycles. The third kappa shape index (κ3) is 4.00. The van der Waals surface area contributed by atoms with Crippen molar-refractivity contribution in [1.29, 1.82) is 0 Å². The molecule has 1 aliphatic rings. The molecule has 3 N–H and O–H groups in total. The zero-order valence-corrected chi connectivity index (χ0v) is 17.3. The van der Waals surface area contributed by atoms with Gasteiger partial charge in [0, 0.05) is 22.5 Å². The summed E-state index contributed by atoms with van der Waals surface area (Å²) in [6, 6.07) is 17.1. The summed E-state index contributed by atoms with van der Waals surface area (Å²) in [4.78, 5) is 37.5. The van der Waals surface area contributed by atoms with E-state index in [0.717, 1.165) is 0 Å². The smallest absolute Gasteiger partial charge is 0.322 e. The molecular weight excluding hydrogens is 437 g/mol. The normalized spacial score (nSPS) is 15.0. The van der Waals surface area contributed by atoms with Gasteiger partial charge in [-0.05, 0) is 48.5 Å². The Bertz CT molecular complexity index is 1200. The van der Waals surface area contributed by atoms with Crippen LogP contribution in [0.5, 0.6) is 0 Å². The molecule has 1 atom stereocenters. The van der Waals surface area contributed by atoms with Crippen LogP contribution < -0.4 is 15.5 Å². The van der Waals surface area contributed by atoms with Gasteiger partial charge in [0.1, 0.15) is 18.5 Å². The second-order valence-electron chi connectivity index (χ2n) is 7.03. The summed E-state index contributed by atoms with van der Waals surface area (Å²) in [5, 5.41) is 14.3. The van der Waals surface area contributed by atoms with E-state index in [2.05, 4.69) is 10.6 Å². The number of benzene rings is 3. The Morgan fingerprint density at radius 2 is 1.78 bits per heavy atom. The second-order valence-corrected chi connectivity index (χ2v) is 7.43. The highest BCUT2D eigenvalue weighted by Crippen LogP contribution is 2.39. The molecule has 0 fully saturated rings. The first-order valence-corrected chi connectivity index (χ1v) is 9.97. The van der Waals surface area contributed by atoms with Gasteiger partial charge in [-0.2, -0.15) is 0 Å². The highest BCUT2D eigenvalue weighted by atomic mass is 35.5. The standard InChI is InChI=1S/C23H17ClFN3O4/c24-16-5-3-6-17(25)20(16)21-27-18-7-2-1-4-15(18)23(32)28(21)14-10-8-13(9-11-14)22(31)26-12-19(29)30/h1-11,21,27H,12H2,(H,26,31)(H,29,30). The number of carboxylic acid groups (broad SMARTS) is 1. The molecule has 3 aromatic rings. The number of carbonyl (C=O) groups excluding carboxylic acids is 2. The van der Waals surface area contributed by atoms with E-state index in [1.807, 2.05) is 0 Å². The Labute approximate surface area is 187 Å². The minimum atomic E-state index is -1.16. The van der Waals surface area contributed by atoms with E-state index in [1.54, 1.807) is 30.3 Å². The van der Waals surface area contributed by atoms with Crippen molar-refractivity contribution in [2.24, 2.45) is 0 Å². The molecule has 0 radical (unpaired) electrons. The molecule has 0 saturated heterocycles. The molecule has 0 aliphatic carbocycles. The fourth-order valence-electron chi connectivity index (χ4n) is 3.53. The molecule has 0 spiro atoms. The van der Waals surface area contributed by atoms with Crippen molar-refractivity contribution in [2.45, 2.75) is 6.17 Å². The Hall–Kier alpha value is -3.91. The molecule has 1 heterocycles. The van der Waals surface area contributed by atoms with E-state index in [9.17, 15) is 18.8 Å². The van der Waals surface area contributed by atoms with Gasteiger partial charge in [-0.1, -0.05) is 29.8 Å². The summed E-state index contributed by atoms with van der Waals surface area (Å²) in [5.41, 5.74) is 1.67. The zero-order valence-electron chi connectivity index (χ0n) is 16.5. The Morgan fingerprint density at radius 3 is 2.47 bits per heavy atom. The largest absolute Gasteiger partial charge is 0.480 e. The van der Waals surface area contributed by atoms with Gasteiger partial charge in [-0.15, -0.1) is 0 Å². The highest BCUT2D eigenvalue weighted by molar-refractivity contribution is 6.31. The number of halogens is 2. The second kappa shape index (κ2) is 8.68. The molecule has 32 heavy (non-hydrogen) atoms. The van der Waals surface area contributed by atoms with Crippen molar-refractivity contribution < 1.29 is 23.9 Å². The van der Waals surface area contributed by atoms with Gasteiger partial charge in [-0.25, -0.2) is 4.39 Å². The van der Waals surface area contributed by atoms with Gasteiger partial charge >= 0.3 is 5.97 Å². The summed E-state index contributed by atoms with van der Waals surface area (Å²) < 4.78 is 14.8. The van der Waals surface area contributed by atoms with Gasteiger partial charge in [0.15, 0.2) is 0 Å². The number of carboxylic acids is 1. The van der Waals surface area contributed by atoms with Crippen molar-refractivity contribution in [1.82, 2.24) is 5.32 Å². The molecule has 1 unspecified atom stereocenters. The van der Waals surface area contributed by atoms with Crippen molar-refractivity contribution >= 4 is 40.8 Å². The van der Waals surface area contributed by atoms with Crippen molar-refractivity contribution in [3.8, 4) is 0 Å². The molecule has 0 bridgehead atoms. The molecule has 1 aliphatic heterocycles. The van der Waals surface area contributed by atoms with Crippen molar-refractivity contribution in [3.05, 3.63) is 94.3 Å². The lowest BCUT2D eigenvalue weighted by Crippen LogP contribution is -2.43. The van der Waals surface area contributed by atoms with Crippen LogP contribution >= 0.6 is 11.6 Å². The first-order chi connectivity index (χ1) is 15.4. The van der Waals surface area contributed by atoms with Crippen LogP contribution in [0.3, 0.4) is 0 Å². The van der Waals surface area contributed by atoms with Gasteiger partial charge in [0.25, 0.3) is 11.8 Å². The lowest BCUT2D eigenvalue weighted by Gasteiger charge is -2.38. The van der Waals surface area contributed by atoms with Crippen molar-refractivity contribution in [3.63, 3.8) is 0 Å². The summed E-state index contributed by atoms with van der Waals surface area (Å²) in [6.07, 6.45) is -0.933. The van der Waals surface area contributed by atoms with Crippen LogP contribution in [0.1, 0.15) is 32.4 Å². The van der Waals surface area contributed by atoms with Crippen LogP contribution in [0.4, 0.5) is 15.8 Å². The monoisotopic (exact) mass is 453 g/mol. The first-order valence-electron chi connectivity index (χ1n) is 9.60. The van der Waals surface area contributed by atoms with E-state index in [1.165, 1.54) is 41.3 Å². The molecule has 9 heteroatoms. The third-order valence-electron chi connectivity index (χ3n) is 5.01. The lowest BCUT2D eigenvalue weighted by atomic mass is 10.0. The number of fused-ring (bicyclic) bond motifs is 1. The Balaban J connectivity index is 1.75. The number of hydrogen-bond acceptors (Lipinski definition) is 4. The van der Waals surface area contributed by atoms with E-state index in [4.69, 9.17) is 16.7 Å². The van der Waals surface area contributed by atoms with E-state index >= 15 is 0 Å². The maximum absolute atomic E-state index is 14.8. The van der Waals surface area contributed by atoms with E-state index in [0.29, 0.717) is 16.9 Å². The number of anilines is 2. The number of nitrogens with zero attached hydrogens (tertiary/aromatic N) is 1. The minimum Gasteiger partial charge on any atom is -0.480 e. The van der Waals surface area contributed by atoms with E-state index < -0.39 is 30.4 Å². The molecule has 162 valence electrons. The quantitative estimate of drug-likeness (QED) is 0.541. The number of aliphatic carboxylic acids is 1. The number of carbonyl (C=O) groups is 3. The molecule has 4 rings (SSSR count). The van der Waals surface area contributed by atoms with Crippen LogP contribution in [0, 0.1) is 5.82 Å². The number of para-hydroxylation sites is 1. The van der Waals surface area contributed by atoms with Gasteiger partial charge in [0.2, 0.25) is 0 Å². The highest BCUT2D eigenvalue weighted by Gasteiger charge is 2.36. The third-order valence-corrected chi connectivity index (χ3v) is 5.34. The van der Waals surface area contributed by atoms with Gasteiger partial charge in [-0.3, -0.25) is 19.3 Å².